The van der Waals surface area contributed by atoms with Gasteiger partial charge in [-0.1, -0.05) is 0 Å². The highest BCUT2D eigenvalue weighted by atomic mass is 16.5. The highest BCUT2D eigenvalue weighted by molar-refractivity contribution is 5.95. The van der Waals surface area contributed by atoms with Gasteiger partial charge in [0, 0.05) is 5.56 Å². The number of carbonyl (C=O) groups is 2. The number of rotatable bonds is 5. The van der Waals surface area contributed by atoms with Gasteiger partial charge in [0.15, 0.2) is 12.4 Å². The first-order valence-electron chi connectivity index (χ1n) is 6.09. The van der Waals surface area contributed by atoms with Gasteiger partial charge >= 0.3 is 0 Å². The van der Waals surface area contributed by atoms with Gasteiger partial charge < -0.3 is 14.9 Å². The van der Waals surface area contributed by atoms with Gasteiger partial charge in [-0.05, 0) is 49.2 Å². The molecule has 5 nitrogen and oxygen atoms in total. The van der Waals surface area contributed by atoms with Gasteiger partial charge in [0.1, 0.15) is 5.75 Å². The average molecular weight is 273 g/mol. The van der Waals surface area contributed by atoms with Crippen LogP contribution in [0.15, 0.2) is 34.9 Å². The highest BCUT2D eigenvalue weighted by Crippen LogP contribution is 2.25. The van der Waals surface area contributed by atoms with E-state index in [1.807, 2.05) is 0 Å². The van der Waals surface area contributed by atoms with Gasteiger partial charge in [-0.25, -0.2) is 0 Å². The van der Waals surface area contributed by atoms with Gasteiger partial charge in [0.25, 0.3) is 0 Å². The lowest BCUT2D eigenvalue weighted by molar-refractivity contribution is 0.0892. The van der Waals surface area contributed by atoms with E-state index in [1.54, 1.807) is 38.1 Å². The van der Waals surface area contributed by atoms with Crippen LogP contribution in [0.4, 0.5) is 0 Å². The molecule has 0 aliphatic carbocycles. The van der Waals surface area contributed by atoms with Crippen LogP contribution in [0.25, 0.3) is 0 Å². The first-order chi connectivity index (χ1) is 9.49. The molecule has 0 fully saturated rings. The molecule has 104 valence electrons. The van der Waals surface area contributed by atoms with Crippen LogP contribution in [0, 0.1) is 13.8 Å². The molecule has 0 unspecified atom stereocenters. The van der Waals surface area contributed by atoms with Gasteiger partial charge in [0.2, 0.25) is 11.7 Å². The van der Waals surface area contributed by atoms with Gasteiger partial charge in [-0.3, -0.25) is 9.59 Å². The van der Waals surface area contributed by atoms with Crippen LogP contribution in [-0.4, -0.2) is 18.3 Å². The molecule has 0 bridgehead atoms. The fourth-order valence-electron chi connectivity index (χ4n) is 1.97. The van der Waals surface area contributed by atoms with Gasteiger partial charge in [-0.15, -0.1) is 0 Å². The minimum Gasteiger partial charge on any atom is -0.485 e. The zero-order valence-corrected chi connectivity index (χ0v) is 11.3. The fraction of sp³-hybridized carbons (Fsp3) is 0.200. The van der Waals surface area contributed by atoms with Crippen LogP contribution in [0.1, 0.15) is 32.0 Å². The van der Waals surface area contributed by atoms with E-state index in [0.717, 1.165) is 11.1 Å². The lowest BCUT2D eigenvalue weighted by Gasteiger charge is -2.12. The van der Waals surface area contributed by atoms with E-state index in [-0.39, 0.29) is 18.2 Å². The van der Waals surface area contributed by atoms with Crippen molar-refractivity contribution in [3.05, 3.63) is 53.0 Å². The minimum atomic E-state index is -0.491. The van der Waals surface area contributed by atoms with Crippen LogP contribution >= 0.6 is 0 Å². The van der Waals surface area contributed by atoms with Crippen molar-refractivity contribution in [3.8, 4) is 5.75 Å². The molecule has 2 aromatic rings. The number of ether oxygens (including phenoxy) is 1. The number of Topliss-reactive ketones (excluding diaryl/α,β-unsaturated/α-hetero) is 1. The summed E-state index contributed by atoms with van der Waals surface area (Å²) in [5, 5.41) is 0. The molecule has 0 aliphatic rings. The first kappa shape index (κ1) is 13.9. The van der Waals surface area contributed by atoms with Crippen molar-refractivity contribution < 1.29 is 18.7 Å². The molecule has 2 rings (SSSR count). The Bertz CT molecular complexity index is 621. The molecule has 20 heavy (non-hydrogen) atoms. The molecule has 1 heterocycles. The summed E-state index contributed by atoms with van der Waals surface area (Å²) in [4.78, 5) is 22.9. The number of amides is 1. The van der Waals surface area contributed by atoms with Crippen molar-refractivity contribution in [2.45, 2.75) is 13.8 Å². The average Bonchev–Trinajstić information content (AvgIpc) is 2.91. The third-order valence-corrected chi connectivity index (χ3v) is 2.89. The Kier molecular flexibility index (Phi) is 3.89. The third kappa shape index (κ3) is 2.88. The second-order valence-corrected chi connectivity index (χ2v) is 4.49. The summed E-state index contributed by atoms with van der Waals surface area (Å²) in [5.41, 5.74) is 7.17. The van der Waals surface area contributed by atoms with E-state index >= 15 is 0 Å². The first-order valence-corrected chi connectivity index (χ1v) is 6.09. The summed E-state index contributed by atoms with van der Waals surface area (Å²) in [5.74, 6) is 0.103. The van der Waals surface area contributed by atoms with E-state index in [0.29, 0.717) is 11.3 Å². The maximum atomic E-state index is 11.8. The number of carbonyl (C=O) groups excluding carboxylic acids is 2. The molecule has 0 radical (unpaired) electrons. The monoisotopic (exact) mass is 273 g/mol. The Hall–Kier alpha value is -2.56. The number of aryl methyl sites for hydroxylation is 2. The number of nitrogens with two attached hydrogens (primary N) is 1. The lowest BCUT2D eigenvalue weighted by atomic mass is 10.1. The predicted octanol–water partition coefficient (Wildman–Crippen LogP) is 2.26. The smallest absolute Gasteiger partial charge is 0.248 e. The standard InChI is InChI=1S/C15H15NO4/c1-9-6-11(15(16)18)7-10(2)14(9)20-8-12(17)13-4-3-5-19-13/h3-7H,8H2,1-2H3,(H2,16,18). The Morgan fingerprint density at radius 2 is 1.90 bits per heavy atom. The summed E-state index contributed by atoms with van der Waals surface area (Å²) in [7, 11) is 0. The molecule has 0 aliphatic heterocycles. The summed E-state index contributed by atoms with van der Waals surface area (Å²) in [6, 6.07) is 6.51. The highest BCUT2D eigenvalue weighted by Gasteiger charge is 2.13. The minimum absolute atomic E-state index is 0.120. The molecular weight excluding hydrogens is 258 g/mol. The number of benzene rings is 1. The van der Waals surface area contributed by atoms with Crippen molar-refractivity contribution in [3.63, 3.8) is 0 Å². The molecule has 2 N–H and O–H groups in total. The fourth-order valence-corrected chi connectivity index (χ4v) is 1.97. The Morgan fingerprint density at radius 1 is 1.25 bits per heavy atom. The van der Waals surface area contributed by atoms with Gasteiger partial charge in [-0.2, -0.15) is 0 Å². The molecule has 1 aromatic heterocycles. The van der Waals surface area contributed by atoms with Crippen LogP contribution in [0.5, 0.6) is 5.75 Å². The summed E-state index contributed by atoms with van der Waals surface area (Å²) < 4.78 is 10.5. The predicted molar refractivity (Wildman–Crippen MR) is 73.0 cm³/mol. The molecule has 1 amide bonds. The van der Waals surface area contributed by atoms with Crippen LogP contribution in [-0.2, 0) is 0 Å². The second-order valence-electron chi connectivity index (χ2n) is 4.49. The maximum absolute atomic E-state index is 11.8. The molecular formula is C15H15NO4. The molecule has 0 atom stereocenters. The van der Waals surface area contributed by atoms with E-state index in [4.69, 9.17) is 14.9 Å². The zero-order valence-electron chi connectivity index (χ0n) is 11.3. The van der Waals surface area contributed by atoms with Crippen molar-refractivity contribution in [2.75, 3.05) is 6.61 Å². The molecule has 5 heteroatoms. The number of hydrogen-bond acceptors (Lipinski definition) is 4. The number of primary amides is 1. The summed E-state index contributed by atoms with van der Waals surface area (Å²) in [6.45, 7) is 3.48. The van der Waals surface area contributed by atoms with Crippen LogP contribution < -0.4 is 10.5 Å². The van der Waals surface area contributed by atoms with Crippen molar-refractivity contribution in [2.24, 2.45) is 5.73 Å². The van der Waals surface area contributed by atoms with Crippen LogP contribution in [0.3, 0.4) is 0 Å². The Labute approximate surface area is 116 Å². The number of ketones is 1. The van der Waals surface area contributed by atoms with Crippen LogP contribution in [0.2, 0.25) is 0 Å². The van der Waals surface area contributed by atoms with E-state index in [9.17, 15) is 9.59 Å². The van der Waals surface area contributed by atoms with Gasteiger partial charge in [0.05, 0.1) is 6.26 Å². The normalized spacial score (nSPS) is 10.3. The molecule has 0 spiro atoms. The quantitative estimate of drug-likeness (QED) is 0.847. The summed E-state index contributed by atoms with van der Waals surface area (Å²) >= 11 is 0. The van der Waals surface area contributed by atoms with Crippen molar-refractivity contribution in [1.29, 1.82) is 0 Å². The molecule has 0 saturated carbocycles. The second kappa shape index (κ2) is 5.61. The lowest BCUT2D eigenvalue weighted by Crippen LogP contribution is -2.14. The van der Waals surface area contributed by atoms with Crippen molar-refractivity contribution >= 4 is 11.7 Å². The van der Waals surface area contributed by atoms with E-state index in [1.165, 1.54) is 6.26 Å². The Morgan fingerprint density at radius 3 is 2.40 bits per heavy atom. The van der Waals surface area contributed by atoms with E-state index < -0.39 is 5.91 Å². The Balaban J connectivity index is 2.14. The number of hydrogen-bond donors (Lipinski definition) is 1. The molecule has 1 aromatic carbocycles. The summed E-state index contributed by atoms with van der Waals surface area (Å²) in [6.07, 6.45) is 1.44. The van der Waals surface area contributed by atoms with Crippen molar-refractivity contribution in [1.82, 2.24) is 0 Å². The SMILES string of the molecule is Cc1cc(C(N)=O)cc(C)c1OCC(=O)c1ccco1. The number of furan rings is 1. The third-order valence-electron chi connectivity index (χ3n) is 2.89. The van der Waals surface area contributed by atoms with E-state index in [2.05, 4.69) is 0 Å². The topological polar surface area (TPSA) is 82.5 Å². The molecule has 0 saturated heterocycles. The largest absolute Gasteiger partial charge is 0.485 e. The zero-order chi connectivity index (χ0) is 14.7. The maximum Gasteiger partial charge on any atom is 0.248 e.